The minimum atomic E-state index is -3.25. The number of hydrogen-bond acceptors (Lipinski definition) is 3. The number of anilines is 1. The fourth-order valence-electron chi connectivity index (χ4n) is 2.21. The summed E-state index contributed by atoms with van der Waals surface area (Å²) in [7, 11) is -3.25. The Kier molecular flexibility index (Phi) is 5.96. The Balaban J connectivity index is 1.92. The van der Waals surface area contributed by atoms with E-state index >= 15 is 0 Å². The SMILES string of the molecule is CC(NCC=Cc1ccccc1)c1cccc(NS(C)(=O)=O)c1. The average molecular weight is 330 g/mol. The van der Waals surface area contributed by atoms with Gasteiger partial charge in [-0.2, -0.15) is 0 Å². The predicted molar refractivity (Wildman–Crippen MR) is 96.8 cm³/mol. The zero-order valence-electron chi connectivity index (χ0n) is 13.4. The fraction of sp³-hybridized carbons (Fsp3) is 0.222. The molecule has 0 aliphatic carbocycles. The predicted octanol–water partition coefficient (Wildman–Crippen LogP) is 3.42. The zero-order chi connectivity index (χ0) is 16.7. The highest BCUT2D eigenvalue weighted by molar-refractivity contribution is 7.92. The summed E-state index contributed by atoms with van der Waals surface area (Å²) in [6.07, 6.45) is 5.29. The van der Waals surface area contributed by atoms with Crippen LogP contribution in [-0.2, 0) is 10.0 Å². The van der Waals surface area contributed by atoms with Crippen molar-refractivity contribution < 1.29 is 8.42 Å². The van der Waals surface area contributed by atoms with Crippen LogP contribution in [0, 0.1) is 0 Å². The lowest BCUT2D eigenvalue weighted by atomic mass is 10.1. The Morgan fingerprint density at radius 2 is 1.83 bits per heavy atom. The van der Waals surface area contributed by atoms with Gasteiger partial charge in [0.1, 0.15) is 0 Å². The van der Waals surface area contributed by atoms with Gasteiger partial charge in [-0.05, 0) is 30.2 Å². The first-order valence-corrected chi connectivity index (χ1v) is 9.36. The molecule has 0 aliphatic heterocycles. The third kappa shape index (κ3) is 6.26. The summed E-state index contributed by atoms with van der Waals surface area (Å²) in [5.74, 6) is 0. The van der Waals surface area contributed by atoms with Crippen molar-refractivity contribution in [2.24, 2.45) is 0 Å². The Labute approximate surface area is 138 Å². The van der Waals surface area contributed by atoms with E-state index in [1.165, 1.54) is 5.56 Å². The van der Waals surface area contributed by atoms with E-state index < -0.39 is 10.0 Å². The molecule has 0 saturated heterocycles. The minimum Gasteiger partial charge on any atom is -0.307 e. The van der Waals surface area contributed by atoms with Gasteiger partial charge < -0.3 is 5.32 Å². The molecular formula is C18H22N2O2S. The van der Waals surface area contributed by atoms with Gasteiger partial charge in [-0.25, -0.2) is 8.42 Å². The van der Waals surface area contributed by atoms with Crippen molar-refractivity contribution in [2.45, 2.75) is 13.0 Å². The van der Waals surface area contributed by atoms with Crippen LogP contribution in [0.1, 0.15) is 24.1 Å². The summed E-state index contributed by atoms with van der Waals surface area (Å²) in [5.41, 5.74) is 2.78. The summed E-state index contributed by atoms with van der Waals surface area (Å²) < 4.78 is 25.1. The van der Waals surface area contributed by atoms with Gasteiger partial charge in [-0.15, -0.1) is 0 Å². The van der Waals surface area contributed by atoms with Gasteiger partial charge in [-0.3, -0.25) is 4.72 Å². The maximum atomic E-state index is 11.3. The van der Waals surface area contributed by atoms with E-state index in [4.69, 9.17) is 0 Å². The van der Waals surface area contributed by atoms with Crippen molar-refractivity contribution in [2.75, 3.05) is 17.5 Å². The number of benzene rings is 2. The lowest BCUT2D eigenvalue weighted by Crippen LogP contribution is -2.18. The van der Waals surface area contributed by atoms with Crippen LogP contribution in [0.5, 0.6) is 0 Å². The summed E-state index contributed by atoms with van der Waals surface area (Å²) in [5, 5.41) is 3.40. The molecule has 23 heavy (non-hydrogen) atoms. The Morgan fingerprint density at radius 1 is 1.09 bits per heavy atom. The van der Waals surface area contributed by atoms with Gasteiger partial charge >= 0.3 is 0 Å². The monoisotopic (exact) mass is 330 g/mol. The van der Waals surface area contributed by atoms with Gasteiger partial charge in [-0.1, -0.05) is 54.6 Å². The van der Waals surface area contributed by atoms with Crippen LogP contribution in [0.3, 0.4) is 0 Å². The van der Waals surface area contributed by atoms with Crippen LogP contribution in [0.25, 0.3) is 6.08 Å². The van der Waals surface area contributed by atoms with Crippen LogP contribution >= 0.6 is 0 Å². The standard InChI is InChI=1S/C18H22N2O2S/c1-15(19-13-7-10-16-8-4-3-5-9-16)17-11-6-12-18(14-17)20-23(2,21)22/h3-12,14-15,19-20H,13H2,1-2H3. The van der Waals surface area contributed by atoms with Crippen molar-refractivity contribution in [3.63, 3.8) is 0 Å². The highest BCUT2D eigenvalue weighted by Crippen LogP contribution is 2.18. The van der Waals surface area contributed by atoms with Crippen molar-refractivity contribution in [1.82, 2.24) is 5.32 Å². The minimum absolute atomic E-state index is 0.122. The van der Waals surface area contributed by atoms with Crippen LogP contribution in [0.15, 0.2) is 60.7 Å². The number of hydrogen-bond donors (Lipinski definition) is 2. The second kappa shape index (κ2) is 7.94. The van der Waals surface area contributed by atoms with E-state index in [0.29, 0.717) is 5.69 Å². The molecule has 0 heterocycles. The van der Waals surface area contributed by atoms with Crippen LogP contribution in [0.4, 0.5) is 5.69 Å². The number of sulfonamides is 1. The Hall–Kier alpha value is -2.11. The third-order valence-electron chi connectivity index (χ3n) is 3.34. The van der Waals surface area contributed by atoms with Crippen molar-refractivity contribution >= 4 is 21.8 Å². The fourth-order valence-corrected chi connectivity index (χ4v) is 2.76. The van der Waals surface area contributed by atoms with Crippen LogP contribution in [0.2, 0.25) is 0 Å². The molecule has 1 atom stereocenters. The molecule has 1 unspecified atom stereocenters. The summed E-state index contributed by atoms with van der Waals surface area (Å²) >= 11 is 0. The van der Waals surface area contributed by atoms with E-state index in [1.807, 2.05) is 36.4 Å². The van der Waals surface area contributed by atoms with Crippen LogP contribution < -0.4 is 10.0 Å². The van der Waals surface area contributed by atoms with Gasteiger partial charge in [0.25, 0.3) is 0 Å². The van der Waals surface area contributed by atoms with Crippen molar-refractivity contribution in [3.8, 4) is 0 Å². The van der Waals surface area contributed by atoms with Crippen LogP contribution in [-0.4, -0.2) is 21.2 Å². The largest absolute Gasteiger partial charge is 0.307 e. The van der Waals surface area contributed by atoms with E-state index in [0.717, 1.165) is 18.4 Å². The molecule has 2 aromatic rings. The molecule has 0 spiro atoms. The van der Waals surface area contributed by atoms with E-state index in [9.17, 15) is 8.42 Å². The average Bonchev–Trinajstić information content (AvgIpc) is 2.51. The molecule has 2 aromatic carbocycles. The Morgan fingerprint density at radius 3 is 2.52 bits per heavy atom. The smallest absolute Gasteiger partial charge is 0.229 e. The molecule has 0 amide bonds. The highest BCUT2D eigenvalue weighted by atomic mass is 32.2. The molecular weight excluding hydrogens is 308 g/mol. The summed E-state index contributed by atoms with van der Waals surface area (Å²) in [4.78, 5) is 0. The normalized spacial score (nSPS) is 13.1. The highest BCUT2D eigenvalue weighted by Gasteiger charge is 2.06. The molecule has 0 saturated carbocycles. The molecule has 0 aliphatic rings. The molecule has 0 fully saturated rings. The first-order valence-electron chi connectivity index (χ1n) is 7.47. The first kappa shape index (κ1) is 17.2. The van der Waals surface area contributed by atoms with E-state index in [-0.39, 0.29) is 6.04 Å². The number of nitrogens with one attached hydrogen (secondary N) is 2. The topological polar surface area (TPSA) is 58.2 Å². The maximum Gasteiger partial charge on any atom is 0.229 e. The van der Waals surface area contributed by atoms with Crippen molar-refractivity contribution in [3.05, 3.63) is 71.8 Å². The third-order valence-corrected chi connectivity index (χ3v) is 3.95. The molecule has 122 valence electrons. The van der Waals surface area contributed by atoms with Gasteiger partial charge in [0, 0.05) is 18.3 Å². The van der Waals surface area contributed by atoms with Gasteiger partial charge in [0.05, 0.1) is 6.26 Å². The summed E-state index contributed by atoms with van der Waals surface area (Å²) in [6.45, 7) is 2.79. The molecule has 0 radical (unpaired) electrons. The first-order chi connectivity index (χ1) is 10.9. The van der Waals surface area contributed by atoms with E-state index in [1.54, 1.807) is 6.07 Å². The van der Waals surface area contributed by atoms with Crippen molar-refractivity contribution in [1.29, 1.82) is 0 Å². The molecule has 5 heteroatoms. The summed E-state index contributed by atoms with van der Waals surface area (Å²) in [6, 6.07) is 17.7. The molecule has 2 rings (SSSR count). The molecule has 0 aromatic heterocycles. The van der Waals surface area contributed by atoms with E-state index in [2.05, 4.69) is 41.2 Å². The second-order valence-corrected chi connectivity index (χ2v) is 7.19. The lowest BCUT2D eigenvalue weighted by Gasteiger charge is -2.14. The number of rotatable bonds is 7. The molecule has 4 nitrogen and oxygen atoms in total. The quantitative estimate of drug-likeness (QED) is 0.818. The molecule has 0 bridgehead atoms. The Bertz CT molecular complexity index is 756. The zero-order valence-corrected chi connectivity index (χ0v) is 14.2. The second-order valence-electron chi connectivity index (χ2n) is 5.44. The lowest BCUT2D eigenvalue weighted by molar-refractivity contribution is 0.606. The van der Waals surface area contributed by atoms with Gasteiger partial charge in [0.15, 0.2) is 0 Å². The molecule has 2 N–H and O–H groups in total. The van der Waals surface area contributed by atoms with Gasteiger partial charge in [0.2, 0.25) is 10.0 Å². The maximum absolute atomic E-state index is 11.3.